The van der Waals surface area contributed by atoms with E-state index >= 15 is 0 Å². The second kappa shape index (κ2) is 4.23. The SMILES string of the molecule is O=C1CC(Br)CN1c1ncc(Cl)nc1Cl. The van der Waals surface area contributed by atoms with Crippen LogP contribution in [0.2, 0.25) is 10.3 Å². The largest absolute Gasteiger partial charge is 0.293 e. The van der Waals surface area contributed by atoms with Crippen LogP contribution in [0, 0.1) is 0 Å². The van der Waals surface area contributed by atoms with Crippen LogP contribution in [0.3, 0.4) is 0 Å². The van der Waals surface area contributed by atoms with Gasteiger partial charge in [0.2, 0.25) is 5.91 Å². The van der Waals surface area contributed by atoms with Gasteiger partial charge in [-0.25, -0.2) is 9.97 Å². The Morgan fingerprint density at radius 2 is 2.27 bits per heavy atom. The van der Waals surface area contributed by atoms with Gasteiger partial charge in [-0.3, -0.25) is 9.69 Å². The summed E-state index contributed by atoms with van der Waals surface area (Å²) in [5, 5.41) is 0.364. The molecule has 1 aromatic heterocycles. The van der Waals surface area contributed by atoms with Gasteiger partial charge in [0, 0.05) is 17.8 Å². The predicted molar refractivity (Wildman–Crippen MR) is 61.7 cm³/mol. The summed E-state index contributed by atoms with van der Waals surface area (Å²) >= 11 is 14.8. The lowest BCUT2D eigenvalue weighted by Crippen LogP contribution is -2.26. The normalized spacial score (nSPS) is 21.1. The second-order valence-corrected chi connectivity index (χ2v) is 5.15. The second-order valence-electron chi connectivity index (χ2n) is 3.11. The average Bonchev–Trinajstić information content (AvgIpc) is 2.45. The number of aromatic nitrogens is 2. The van der Waals surface area contributed by atoms with Crippen LogP contribution in [0.5, 0.6) is 0 Å². The van der Waals surface area contributed by atoms with Crippen LogP contribution in [-0.2, 0) is 4.79 Å². The Kier molecular flexibility index (Phi) is 3.13. The molecule has 0 spiro atoms. The third-order valence-corrected chi connectivity index (χ3v) is 3.07. The van der Waals surface area contributed by atoms with Crippen molar-refractivity contribution in [2.45, 2.75) is 11.2 Å². The molecule has 1 amide bonds. The van der Waals surface area contributed by atoms with Crippen molar-refractivity contribution < 1.29 is 4.79 Å². The lowest BCUT2D eigenvalue weighted by molar-refractivity contribution is -0.117. The highest BCUT2D eigenvalue weighted by Crippen LogP contribution is 2.28. The molecule has 80 valence electrons. The van der Waals surface area contributed by atoms with Crippen LogP contribution in [0.25, 0.3) is 0 Å². The van der Waals surface area contributed by atoms with Gasteiger partial charge in [0.25, 0.3) is 0 Å². The minimum absolute atomic E-state index is 0.0182. The summed E-state index contributed by atoms with van der Waals surface area (Å²) in [5.74, 6) is 0.350. The zero-order chi connectivity index (χ0) is 11.0. The lowest BCUT2D eigenvalue weighted by Gasteiger charge is -2.15. The van der Waals surface area contributed by atoms with Crippen LogP contribution < -0.4 is 4.90 Å². The van der Waals surface area contributed by atoms with Gasteiger partial charge >= 0.3 is 0 Å². The molecular weight excluding hydrogens is 305 g/mol. The minimum Gasteiger partial charge on any atom is -0.293 e. The molecule has 1 atom stereocenters. The molecule has 0 bridgehead atoms. The number of carbonyl (C=O) groups excluding carboxylic acids is 1. The molecule has 1 aromatic rings. The molecule has 1 aliphatic rings. The molecule has 1 fully saturated rings. The van der Waals surface area contributed by atoms with Crippen molar-refractivity contribution in [3.05, 3.63) is 16.5 Å². The van der Waals surface area contributed by atoms with E-state index in [2.05, 4.69) is 25.9 Å². The number of anilines is 1. The van der Waals surface area contributed by atoms with Crippen molar-refractivity contribution in [2.75, 3.05) is 11.4 Å². The molecule has 0 saturated carbocycles. The van der Waals surface area contributed by atoms with Gasteiger partial charge in [0.1, 0.15) is 5.15 Å². The summed E-state index contributed by atoms with van der Waals surface area (Å²) in [6, 6.07) is 0. The monoisotopic (exact) mass is 309 g/mol. The van der Waals surface area contributed by atoms with Crippen LogP contribution in [0.1, 0.15) is 6.42 Å². The van der Waals surface area contributed by atoms with Gasteiger partial charge < -0.3 is 0 Å². The quantitative estimate of drug-likeness (QED) is 0.748. The first-order valence-electron chi connectivity index (χ1n) is 4.20. The van der Waals surface area contributed by atoms with Crippen molar-refractivity contribution in [2.24, 2.45) is 0 Å². The maximum atomic E-state index is 11.6. The van der Waals surface area contributed by atoms with E-state index in [0.29, 0.717) is 18.8 Å². The number of hydrogen-bond acceptors (Lipinski definition) is 3. The Morgan fingerprint density at radius 3 is 2.80 bits per heavy atom. The topological polar surface area (TPSA) is 46.1 Å². The molecule has 2 heterocycles. The van der Waals surface area contributed by atoms with Gasteiger partial charge in [-0.05, 0) is 0 Å². The molecule has 0 aliphatic carbocycles. The number of hydrogen-bond donors (Lipinski definition) is 0. The number of halogens is 3. The Morgan fingerprint density at radius 1 is 1.53 bits per heavy atom. The van der Waals surface area contributed by atoms with Crippen molar-refractivity contribution >= 4 is 50.9 Å². The van der Waals surface area contributed by atoms with E-state index in [1.54, 1.807) is 0 Å². The fourth-order valence-electron chi connectivity index (χ4n) is 1.39. The molecule has 0 aromatic carbocycles. The molecule has 1 aliphatic heterocycles. The predicted octanol–water partition coefficient (Wildman–Crippen LogP) is 2.28. The summed E-state index contributed by atoms with van der Waals surface area (Å²) in [5.41, 5.74) is 0. The van der Waals surface area contributed by atoms with Crippen LogP contribution in [0.15, 0.2) is 6.20 Å². The smallest absolute Gasteiger partial charge is 0.229 e. The molecule has 7 heteroatoms. The van der Waals surface area contributed by atoms with E-state index < -0.39 is 0 Å². The molecule has 15 heavy (non-hydrogen) atoms. The van der Waals surface area contributed by atoms with Gasteiger partial charge in [-0.1, -0.05) is 39.1 Å². The van der Waals surface area contributed by atoms with E-state index in [1.165, 1.54) is 11.1 Å². The molecular formula is C8H6BrCl2N3O. The van der Waals surface area contributed by atoms with E-state index in [1.807, 2.05) is 0 Å². The molecule has 1 unspecified atom stereocenters. The molecule has 0 N–H and O–H groups in total. The summed E-state index contributed by atoms with van der Waals surface area (Å²) in [7, 11) is 0. The number of alkyl halides is 1. The molecule has 0 radical (unpaired) electrons. The van der Waals surface area contributed by atoms with Crippen LogP contribution >= 0.6 is 39.1 Å². The summed E-state index contributed by atoms with van der Waals surface area (Å²) < 4.78 is 0. The third kappa shape index (κ3) is 2.24. The molecule has 4 nitrogen and oxygen atoms in total. The van der Waals surface area contributed by atoms with Gasteiger partial charge in [0.05, 0.1) is 6.20 Å². The Labute approximate surface area is 105 Å². The number of amides is 1. The van der Waals surface area contributed by atoms with E-state index in [0.717, 1.165) is 0 Å². The van der Waals surface area contributed by atoms with Crippen LogP contribution in [0.4, 0.5) is 5.82 Å². The minimum atomic E-state index is -0.0182. The Hall–Kier alpha value is -0.390. The number of nitrogens with zero attached hydrogens (tertiary/aromatic N) is 3. The van der Waals surface area contributed by atoms with Crippen molar-refractivity contribution in [1.82, 2.24) is 9.97 Å². The summed E-state index contributed by atoms with van der Waals surface area (Å²) in [6.07, 6.45) is 1.82. The molecule has 1 saturated heterocycles. The van der Waals surface area contributed by atoms with Gasteiger partial charge in [-0.2, -0.15) is 0 Å². The highest BCUT2D eigenvalue weighted by atomic mass is 79.9. The first-order valence-corrected chi connectivity index (χ1v) is 5.87. The Bertz CT molecular complexity index is 415. The van der Waals surface area contributed by atoms with Crippen molar-refractivity contribution in [3.63, 3.8) is 0 Å². The summed E-state index contributed by atoms with van der Waals surface area (Å²) in [4.78, 5) is 21.0. The zero-order valence-electron chi connectivity index (χ0n) is 7.45. The highest BCUT2D eigenvalue weighted by Gasteiger charge is 2.31. The summed E-state index contributed by atoms with van der Waals surface area (Å²) in [6.45, 7) is 0.550. The first-order chi connectivity index (χ1) is 7.08. The Balaban J connectivity index is 2.34. The van der Waals surface area contributed by atoms with Gasteiger partial charge in [-0.15, -0.1) is 0 Å². The zero-order valence-corrected chi connectivity index (χ0v) is 10.6. The van der Waals surface area contributed by atoms with Crippen molar-refractivity contribution in [3.8, 4) is 0 Å². The maximum absolute atomic E-state index is 11.6. The third-order valence-electron chi connectivity index (χ3n) is 2.02. The fourth-order valence-corrected chi connectivity index (χ4v) is 2.38. The lowest BCUT2D eigenvalue weighted by atomic mass is 10.4. The van der Waals surface area contributed by atoms with Crippen LogP contribution in [-0.4, -0.2) is 27.2 Å². The standard InChI is InChI=1S/C8H6BrCl2N3O/c9-4-1-6(15)14(3-4)8-7(11)13-5(10)2-12-8/h2,4H,1,3H2. The number of carbonyl (C=O) groups is 1. The fraction of sp³-hybridized carbons (Fsp3) is 0.375. The van der Waals surface area contributed by atoms with E-state index in [9.17, 15) is 4.79 Å². The van der Waals surface area contributed by atoms with E-state index in [4.69, 9.17) is 23.2 Å². The van der Waals surface area contributed by atoms with Crippen molar-refractivity contribution in [1.29, 1.82) is 0 Å². The van der Waals surface area contributed by atoms with Gasteiger partial charge in [0.15, 0.2) is 11.0 Å². The number of rotatable bonds is 1. The maximum Gasteiger partial charge on any atom is 0.229 e. The molecule has 2 rings (SSSR count). The van der Waals surface area contributed by atoms with E-state index in [-0.39, 0.29) is 21.0 Å². The first kappa shape index (κ1) is 11.1. The highest BCUT2D eigenvalue weighted by molar-refractivity contribution is 9.09. The average molecular weight is 311 g/mol.